The van der Waals surface area contributed by atoms with E-state index in [4.69, 9.17) is 0 Å². The number of hydrogen-bond acceptors (Lipinski definition) is 3. The number of hydrogen-bond donors (Lipinski definition) is 1. The molecule has 1 saturated carbocycles. The van der Waals surface area contributed by atoms with Crippen LogP contribution in [0.1, 0.15) is 62.5 Å². The van der Waals surface area contributed by atoms with Gasteiger partial charge in [0, 0.05) is 30.5 Å². The van der Waals surface area contributed by atoms with Crippen molar-refractivity contribution in [1.82, 2.24) is 19.9 Å². The van der Waals surface area contributed by atoms with Crippen molar-refractivity contribution in [2.24, 2.45) is 0 Å². The highest BCUT2D eigenvalue weighted by Gasteiger charge is 2.35. The first-order valence-corrected chi connectivity index (χ1v) is 8.19. The number of carbonyl (C=O) groups is 1. The number of carbonyl (C=O) groups excluding carboxylic acids is 1. The summed E-state index contributed by atoms with van der Waals surface area (Å²) in [5, 5.41) is 7.14. The van der Waals surface area contributed by atoms with Crippen LogP contribution >= 0.6 is 0 Å². The Hall–Kier alpha value is -2.05. The fourth-order valence-electron chi connectivity index (χ4n) is 3.07. The zero-order valence-corrected chi connectivity index (χ0v) is 14.1. The van der Waals surface area contributed by atoms with Crippen LogP contribution in [-0.4, -0.2) is 32.5 Å². The molecule has 1 aliphatic rings. The summed E-state index contributed by atoms with van der Waals surface area (Å²) >= 11 is 0. The van der Waals surface area contributed by atoms with Crippen molar-refractivity contribution in [3.05, 3.63) is 29.7 Å². The molecule has 130 valence electrons. The molecule has 0 saturated heterocycles. The summed E-state index contributed by atoms with van der Waals surface area (Å²) in [6.07, 6.45) is 3.37. The zero-order valence-electron chi connectivity index (χ0n) is 14.1. The van der Waals surface area contributed by atoms with E-state index in [0.717, 1.165) is 5.69 Å². The molecule has 1 amide bonds. The van der Waals surface area contributed by atoms with E-state index in [1.807, 2.05) is 6.07 Å². The SMILES string of the molecule is CC(C)(C)c1ccnc2c(C(=O)NC3CCC(F)(F)CC3)cnn12. The third kappa shape index (κ3) is 3.25. The van der Waals surface area contributed by atoms with Crippen LogP contribution in [0.4, 0.5) is 8.78 Å². The van der Waals surface area contributed by atoms with Gasteiger partial charge in [-0.2, -0.15) is 5.10 Å². The highest BCUT2D eigenvalue weighted by molar-refractivity contribution is 5.99. The average Bonchev–Trinajstić information content (AvgIpc) is 2.92. The quantitative estimate of drug-likeness (QED) is 0.915. The van der Waals surface area contributed by atoms with Gasteiger partial charge in [-0.3, -0.25) is 4.79 Å². The first kappa shape index (κ1) is 16.8. The van der Waals surface area contributed by atoms with Gasteiger partial charge in [-0.25, -0.2) is 18.3 Å². The maximum absolute atomic E-state index is 13.2. The minimum Gasteiger partial charge on any atom is -0.349 e. The van der Waals surface area contributed by atoms with Crippen molar-refractivity contribution in [3.8, 4) is 0 Å². The van der Waals surface area contributed by atoms with E-state index in [-0.39, 0.29) is 30.2 Å². The monoisotopic (exact) mass is 336 g/mol. The van der Waals surface area contributed by atoms with Crippen molar-refractivity contribution in [2.45, 2.75) is 63.8 Å². The fourth-order valence-corrected chi connectivity index (χ4v) is 3.07. The largest absolute Gasteiger partial charge is 0.349 e. The van der Waals surface area contributed by atoms with Gasteiger partial charge in [0.1, 0.15) is 5.56 Å². The van der Waals surface area contributed by atoms with Crippen molar-refractivity contribution in [1.29, 1.82) is 0 Å². The van der Waals surface area contributed by atoms with Gasteiger partial charge >= 0.3 is 0 Å². The molecule has 1 N–H and O–H groups in total. The van der Waals surface area contributed by atoms with Gasteiger partial charge in [-0.15, -0.1) is 0 Å². The molecular weight excluding hydrogens is 314 g/mol. The van der Waals surface area contributed by atoms with Crippen molar-refractivity contribution in [2.75, 3.05) is 0 Å². The molecule has 2 aromatic heterocycles. The Morgan fingerprint density at radius 1 is 1.33 bits per heavy atom. The maximum atomic E-state index is 13.2. The van der Waals surface area contributed by atoms with Crippen LogP contribution in [0.15, 0.2) is 18.5 Å². The van der Waals surface area contributed by atoms with Crippen molar-refractivity contribution in [3.63, 3.8) is 0 Å². The molecule has 0 aliphatic heterocycles. The minimum atomic E-state index is -2.60. The van der Waals surface area contributed by atoms with Crippen LogP contribution < -0.4 is 5.32 Å². The second kappa shape index (κ2) is 5.79. The van der Waals surface area contributed by atoms with Crippen molar-refractivity contribution < 1.29 is 13.6 Å². The molecule has 3 rings (SSSR count). The molecule has 24 heavy (non-hydrogen) atoms. The van der Waals surface area contributed by atoms with E-state index in [9.17, 15) is 13.6 Å². The molecule has 5 nitrogen and oxygen atoms in total. The maximum Gasteiger partial charge on any atom is 0.256 e. The normalized spacial score (nSPS) is 18.7. The van der Waals surface area contributed by atoms with Gasteiger partial charge in [0.15, 0.2) is 5.65 Å². The average molecular weight is 336 g/mol. The Bertz CT molecular complexity index is 754. The van der Waals surface area contributed by atoms with E-state index >= 15 is 0 Å². The predicted molar refractivity (Wildman–Crippen MR) is 86.4 cm³/mol. The predicted octanol–water partition coefficient (Wildman–Crippen LogP) is 3.33. The first-order valence-electron chi connectivity index (χ1n) is 8.19. The molecule has 1 fully saturated rings. The van der Waals surface area contributed by atoms with Crippen LogP contribution in [0, 0.1) is 0 Å². The van der Waals surface area contributed by atoms with E-state index in [2.05, 4.69) is 36.2 Å². The van der Waals surface area contributed by atoms with E-state index in [1.54, 1.807) is 10.7 Å². The number of aromatic nitrogens is 3. The van der Waals surface area contributed by atoms with E-state index in [0.29, 0.717) is 24.1 Å². The lowest BCUT2D eigenvalue weighted by atomic mass is 9.92. The number of alkyl halides is 2. The molecule has 2 heterocycles. The second-order valence-electron chi connectivity index (χ2n) is 7.48. The van der Waals surface area contributed by atoms with Crippen LogP contribution in [0.3, 0.4) is 0 Å². The Morgan fingerprint density at radius 2 is 2.00 bits per heavy atom. The Balaban J connectivity index is 1.81. The number of halogens is 2. The lowest BCUT2D eigenvalue weighted by molar-refractivity contribution is -0.0399. The highest BCUT2D eigenvalue weighted by atomic mass is 19.3. The fraction of sp³-hybridized carbons (Fsp3) is 0.588. The minimum absolute atomic E-state index is 0.143. The lowest BCUT2D eigenvalue weighted by Crippen LogP contribution is -2.40. The molecule has 0 bridgehead atoms. The summed E-state index contributed by atoms with van der Waals surface area (Å²) in [5.41, 5.74) is 1.67. The van der Waals surface area contributed by atoms with Gasteiger partial charge in [-0.1, -0.05) is 20.8 Å². The topological polar surface area (TPSA) is 59.3 Å². The van der Waals surface area contributed by atoms with Gasteiger partial charge in [-0.05, 0) is 18.9 Å². The molecule has 0 unspecified atom stereocenters. The number of rotatable bonds is 2. The van der Waals surface area contributed by atoms with E-state index < -0.39 is 5.92 Å². The summed E-state index contributed by atoms with van der Waals surface area (Å²) in [6.45, 7) is 6.18. The smallest absolute Gasteiger partial charge is 0.256 e. The number of nitrogens with zero attached hydrogens (tertiary/aromatic N) is 3. The van der Waals surface area contributed by atoms with Gasteiger partial charge in [0.05, 0.1) is 11.9 Å². The zero-order chi connectivity index (χ0) is 17.5. The highest BCUT2D eigenvalue weighted by Crippen LogP contribution is 2.33. The van der Waals surface area contributed by atoms with Crippen molar-refractivity contribution >= 4 is 11.6 Å². The van der Waals surface area contributed by atoms with Crippen LogP contribution in [-0.2, 0) is 5.41 Å². The third-order valence-electron chi connectivity index (χ3n) is 4.47. The molecule has 2 aromatic rings. The summed E-state index contributed by atoms with van der Waals surface area (Å²) in [4.78, 5) is 16.8. The lowest BCUT2D eigenvalue weighted by Gasteiger charge is -2.28. The summed E-state index contributed by atoms with van der Waals surface area (Å²) < 4.78 is 28.1. The first-order chi connectivity index (χ1) is 11.2. The van der Waals surface area contributed by atoms with Crippen LogP contribution in [0.2, 0.25) is 0 Å². The molecule has 0 radical (unpaired) electrons. The molecular formula is C17H22F2N4O. The molecule has 0 aromatic carbocycles. The Kier molecular flexibility index (Phi) is 4.05. The summed E-state index contributed by atoms with van der Waals surface area (Å²) in [5.74, 6) is -2.91. The third-order valence-corrected chi connectivity index (χ3v) is 4.47. The molecule has 0 spiro atoms. The Morgan fingerprint density at radius 3 is 2.62 bits per heavy atom. The Labute approximate surface area is 139 Å². The molecule has 7 heteroatoms. The number of amides is 1. The van der Waals surface area contributed by atoms with Crippen LogP contribution in [0.25, 0.3) is 5.65 Å². The molecule has 1 aliphatic carbocycles. The standard InChI is InChI=1S/C17H22F2N4O/c1-16(2,3)13-6-9-20-14-12(10-21-23(13)14)15(24)22-11-4-7-17(18,19)8-5-11/h6,9-11H,4-5,7-8H2,1-3H3,(H,22,24). The van der Waals surface area contributed by atoms with E-state index in [1.165, 1.54) is 6.20 Å². The molecule has 0 atom stereocenters. The van der Waals surface area contributed by atoms with Gasteiger partial charge < -0.3 is 5.32 Å². The number of fused-ring (bicyclic) bond motifs is 1. The second-order valence-corrected chi connectivity index (χ2v) is 7.48. The van der Waals surface area contributed by atoms with Gasteiger partial charge in [0.2, 0.25) is 5.92 Å². The van der Waals surface area contributed by atoms with Crippen LogP contribution in [0.5, 0.6) is 0 Å². The summed E-state index contributed by atoms with van der Waals surface area (Å²) in [7, 11) is 0. The summed E-state index contributed by atoms with van der Waals surface area (Å²) in [6, 6.07) is 1.66. The number of nitrogens with one attached hydrogen (secondary N) is 1. The van der Waals surface area contributed by atoms with Gasteiger partial charge in [0.25, 0.3) is 5.91 Å².